The lowest BCUT2D eigenvalue weighted by molar-refractivity contribution is 0.284. The maximum Gasteiger partial charge on any atom is 0.161 e. The molecule has 0 unspecified atom stereocenters. The van der Waals surface area contributed by atoms with Crippen LogP contribution in [-0.2, 0) is 13.2 Å². The Bertz CT molecular complexity index is 588. The number of ether oxygens (including phenoxy) is 2. The number of methoxy groups -OCH3 is 1. The van der Waals surface area contributed by atoms with Crippen LogP contribution in [0.25, 0.3) is 0 Å². The normalized spacial score (nSPS) is 10.5. The third-order valence-corrected chi connectivity index (χ3v) is 3.39. The van der Waals surface area contributed by atoms with Gasteiger partial charge in [-0.2, -0.15) is 0 Å². The maximum atomic E-state index is 5.81. The molecule has 118 valence electrons. The summed E-state index contributed by atoms with van der Waals surface area (Å²) in [6, 6.07) is 9.62. The van der Waals surface area contributed by atoms with E-state index in [2.05, 4.69) is 17.2 Å². The van der Waals surface area contributed by atoms with Crippen LogP contribution in [0.4, 0.5) is 0 Å². The van der Waals surface area contributed by atoms with Crippen molar-refractivity contribution in [2.45, 2.75) is 26.5 Å². The maximum absolute atomic E-state index is 5.81. The molecule has 0 bridgehead atoms. The fourth-order valence-corrected chi connectivity index (χ4v) is 2.12. The molecule has 0 saturated heterocycles. The van der Waals surface area contributed by atoms with E-state index in [4.69, 9.17) is 21.1 Å². The monoisotopic (exact) mass is 320 g/mol. The van der Waals surface area contributed by atoms with Gasteiger partial charge in [-0.15, -0.1) is 0 Å². The van der Waals surface area contributed by atoms with Gasteiger partial charge in [-0.1, -0.05) is 30.7 Å². The summed E-state index contributed by atoms with van der Waals surface area (Å²) in [5.74, 6) is 1.45. The Hall–Kier alpha value is -1.78. The van der Waals surface area contributed by atoms with Crippen LogP contribution >= 0.6 is 11.6 Å². The molecule has 0 radical (unpaired) electrons. The zero-order valence-electron chi connectivity index (χ0n) is 12.9. The Morgan fingerprint density at radius 3 is 2.64 bits per heavy atom. The number of nitrogens with one attached hydrogen (secondary N) is 1. The van der Waals surface area contributed by atoms with Crippen LogP contribution in [0.2, 0.25) is 5.15 Å². The number of nitrogens with zero attached hydrogens (tertiary/aromatic N) is 1. The van der Waals surface area contributed by atoms with Gasteiger partial charge in [-0.05, 0) is 36.7 Å². The highest BCUT2D eigenvalue weighted by atomic mass is 35.5. The van der Waals surface area contributed by atoms with E-state index in [0.717, 1.165) is 36.6 Å². The summed E-state index contributed by atoms with van der Waals surface area (Å²) in [5, 5.41) is 3.85. The first-order valence-corrected chi connectivity index (χ1v) is 7.71. The smallest absolute Gasteiger partial charge is 0.161 e. The van der Waals surface area contributed by atoms with E-state index < -0.39 is 0 Å². The van der Waals surface area contributed by atoms with Crippen molar-refractivity contribution >= 4 is 11.6 Å². The topological polar surface area (TPSA) is 43.4 Å². The Kier molecular flexibility index (Phi) is 6.49. The first-order chi connectivity index (χ1) is 10.7. The molecule has 0 aliphatic rings. The molecule has 4 nitrogen and oxygen atoms in total. The van der Waals surface area contributed by atoms with Crippen LogP contribution in [0.5, 0.6) is 11.5 Å². The minimum absolute atomic E-state index is 0.425. The fraction of sp³-hybridized carbons (Fsp3) is 0.353. The van der Waals surface area contributed by atoms with Crippen molar-refractivity contribution < 1.29 is 9.47 Å². The second kappa shape index (κ2) is 8.61. The predicted octanol–water partition coefficient (Wildman–Crippen LogP) is 3.82. The van der Waals surface area contributed by atoms with Gasteiger partial charge in [-0.25, -0.2) is 4.98 Å². The summed E-state index contributed by atoms with van der Waals surface area (Å²) in [6.45, 7) is 4.40. The van der Waals surface area contributed by atoms with E-state index in [0.29, 0.717) is 11.8 Å². The molecule has 0 fully saturated rings. The SMILES string of the molecule is CCCNCc1ccc(OCc2ccc(Cl)nc2)c(OC)c1. The Balaban J connectivity index is 1.99. The van der Waals surface area contributed by atoms with Gasteiger partial charge in [0.2, 0.25) is 0 Å². The second-order valence-electron chi connectivity index (χ2n) is 4.94. The quantitative estimate of drug-likeness (QED) is 0.593. The molecule has 1 aromatic heterocycles. The van der Waals surface area contributed by atoms with Gasteiger partial charge in [-0.3, -0.25) is 0 Å². The Morgan fingerprint density at radius 2 is 1.95 bits per heavy atom. The minimum Gasteiger partial charge on any atom is -0.493 e. The summed E-state index contributed by atoms with van der Waals surface area (Å²) >= 11 is 5.77. The van der Waals surface area contributed by atoms with Gasteiger partial charge in [0.25, 0.3) is 0 Å². The molecular formula is C17H21ClN2O2. The predicted molar refractivity (Wildman–Crippen MR) is 88.6 cm³/mol. The van der Waals surface area contributed by atoms with Crippen molar-refractivity contribution in [1.29, 1.82) is 0 Å². The molecule has 2 rings (SSSR count). The zero-order valence-corrected chi connectivity index (χ0v) is 13.7. The molecule has 0 saturated carbocycles. The Morgan fingerprint density at radius 1 is 1.14 bits per heavy atom. The number of hydrogen-bond donors (Lipinski definition) is 1. The lowest BCUT2D eigenvalue weighted by atomic mass is 10.2. The van der Waals surface area contributed by atoms with Crippen molar-refractivity contribution in [2.24, 2.45) is 0 Å². The third kappa shape index (κ3) is 4.90. The van der Waals surface area contributed by atoms with E-state index >= 15 is 0 Å². The van der Waals surface area contributed by atoms with Crippen LogP contribution in [0, 0.1) is 0 Å². The highest BCUT2D eigenvalue weighted by Crippen LogP contribution is 2.28. The third-order valence-electron chi connectivity index (χ3n) is 3.17. The van der Waals surface area contributed by atoms with E-state index in [1.807, 2.05) is 24.3 Å². The van der Waals surface area contributed by atoms with Gasteiger partial charge < -0.3 is 14.8 Å². The van der Waals surface area contributed by atoms with Gasteiger partial charge in [0, 0.05) is 18.3 Å². The number of benzene rings is 1. The summed E-state index contributed by atoms with van der Waals surface area (Å²) in [7, 11) is 1.65. The molecule has 5 heteroatoms. The van der Waals surface area contributed by atoms with Gasteiger partial charge in [0.15, 0.2) is 11.5 Å². The Labute approximate surface area is 136 Å². The average Bonchev–Trinajstić information content (AvgIpc) is 2.55. The highest BCUT2D eigenvalue weighted by Gasteiger charge is 2.06. The molecule has 1 heterocycles. The van der Waals surface area contributed by atoms with Gasteiger partial charge in [0.05, 0.1) is 7.11 Å². The van der Waals surface area contributed by atoms with Crippen LogP contribution in [0.3, 0.4) is 0 Å². The molecule has 0 aliphatic heterocycles. The highest BCUT2D eigenvalue weighted by molar-refractivity contribution is 6.29. The lowest BCUT2D eigenvalue weighted by Gasteiger charge is -2.12. The molecule has 0 aliphatic carbocycles. The van der Waals surface area contributed by atoms with Crippen LogP contribution in [0.15, 0.2) is 36.5 Å². The van der Waals surface area contributed by atoms with Crippen LogP contribution in [-0.4, -0.2) is 18.6 Å². The number of rotatable bonds is 8. The van der Waals surface area contributed by atoms with Crippen molar-refractivity contribution in [2.75, 3.05) is 13.7 Å². The number of halogens is 1. The standard InChI is InChI=1S/C17H21ClN2O2/c1-3-8-19-10-13-4-6-15(16(9-13)21-2)22-12-14-5-7-17(18)20-11-14/h4-7,9,11,19H,3,8,10,12H2,1-2H3. The molecule has 0 atom stereocenters. The fourth-order valence-electron chi connectivity index (χ4n) is 2.00. The second-order valence-corrected chi connectivity index (χ2v) is 5.33. The summed E-state index contributed by atoms with van der Waals surface area (Å²) in [5.41, 5.74) is 2.13. The average molecular weight is 321 g/mol. The zero-order chi connectivity index (χ0) is 15.8. The number of aromatic nitrogens is 1. The van der Waals surface area contributed by atoms with Gasteiger partial charge in [0.1, 0.15) is 11.8 Å². The summed E-state index contributed by atoms with van der Waals surface area (Å²) in [4.78, 5) is 4.04. The first kappa shape index (κ1) is 16.6. The van der Waals surface area contributed by atoms with Crippen molar-refractivity contribution in [1.82, 2.24) is 10.3 Å². The van der Waals surface area contributed by atoms with Crippen molar-refractivity contribution in [3.05, 3.63) is 52.8 Å². The molecule has 0 spiro atoms. The van der Waals surface area contributed by atoms with Crippen molar-refractivity contribution in [3.8, 4) is 11.5 Å². The first-order valence-electron chi connectivity index (χ1n) is 7.33. The molecule has 2 aromatic rings. The molecule has 1 aromatic carbocycles. The molecule has 22 heavy (non-hydrogen) atoms. The lowest BCUT2D eigenvalue weighted by Crippen LogP contribution is -2.13. The van der Waals surface area contributed by atoms with E-state index in [1.54, 1.807) is 19.4 Å². The van der Waals surface area contributed by atoms with Crippen LogP contribution < -0.4 is 14.8 Å². The summed E-state index contributed by atoms with van der Waals surface area (Å²) in [6.07, 6.45) is 2.82. The van der Waals surface area contributed by atoms with E-state index in [9.17, 15) is 0 Å². The molecule has 0 amide bonds. The van der Waals surface area contributed by atoms with E-state index in [-0.39, 0.29) is 0 Å². The number of pyridine rings is 1. The minimum atomic E-state index is 0.425. The summed E-state index contributed by atoms with van der Waals surface area (Å²) < 4.78 is 11.2. The van der Waals surface area contributed by atoms with Crippen molar-refractivity contribution in [3.63, 3.8) is 0 Å². The number of hydrogen-bond acceptors (Lipinski definition) is 4. The van der Waals surface area contributed by atoms with Crippen LogP contribution in [0.1, 0.15) is 24.5 Å². The van der Waals surface area contributed by atoms with E-state index in [1.165, 1.54) is 5.56 Å². The molecular weight excluding hydrogens is 300 g/mol. The van der Waals surface area contributed by atoms with Gasteiger partial charge >= 0.3 is 0 Å². The largest absolute Gasteiger partial charge is 0.493 e. The molecule has 1 N–H and O–H groups in total.